The first-order valence-electron chi connectivity index (χ1n) is 4.15. The third kappa shape index (κ3) is 1.75. The zero-order valence-corrected chi connectivity index (χ0v) is 8.57. The Morgan fingerprint density at radius 3 is 3.00 bits per heavy atom. The van der Waals surface area contributed by atoms with Gasteiger partial charge in [0.2, 0.25) is 0 Å². The van der Waals surface area contributed by atoms with Crippen molar-refractivity contribution in [3.8, 4) is 0 Å². The Hall–Kier alpha value is -0.450. The molecule has 0 amide bonds. The molecule has 1 aliphatic rings. The Balaban J connectivity index is 2.29. The zero-order valence-electron chi connectivity index (χ0n) is 6.98. The Kier molecular flexibility index (Phi) is 2.62. The maximum absolute atomic E-state index is 9.59. The van der Waals surface area contributed by atoms with Gasteiger partial charge in [-0.25, -0.2) is 4.98 Å². The summed E-state index contributed by atoms with van der Waals surface area (Å²) in [6.07, 6.45) is 1.32. The van der Waals surface area contributed by atoms with Crippen LogP contribution in [0.5, 0.6) is 0 Å². The minimum atomic E-state index is -0.402. The van der Waals surface area contributed by atoms with E-state index in [0.717, 1.165) is 10.2 Å². The zero-order chi connectivity index (χ0) is 9.26. The van der Waals surface area contributed by atoms with Crippen molar-refractivity contribution >= 4 is 15.9 Å². The van der Waals surface area contributed by atoms with Gasteiger partial charge in [0.25, 0.3) is 0 Å². The van der Waals surface area contributed by atoms with Crippen molar-refractivity contribution in [2.45, 2.75) is 12.0 Å². The number of nitrogens with zero attached hydrogens (tertiary/aromatic N) is 1. The predicted molar refractivity (Wildman–Crippen MR) is 51.5 cm³/mol. The van der Waals surface area contributed by atoms with Crippen LogP contribution in [-0.2, 0) is 4.74 Å². The van der Waals surface area contributed by atoms with Crippen molar-refractivity contribution in [2.75, 3.05) is 13.2 Å². The van der Waals surface area contributed by atoms with E-state index in [4.69, 9.17) is 4.74 Å². The second kappa shape index (κ2) is 3.74. The van der Waals surface area contributed by atoms with E-state index >= 15 is 0 Å². The summed E-state index contributed by atoms with van der Waals surface area (Å²) in [5.74, 6) is 0.0584. The lowest BCUT2D eigenvalue weighted by Gasteiger charge is -2.13. The van der Waals surface area contributed by atoms with Crippen LogP contribution in [0.25, 0.3) is 0 Å². The molecule has 4 heteroatoms. The smallest absolute Gasteiger partial charge is 0.109 e. The molecule has 1 aromatic rings. The van der Waals surface area contributed by atoms with Crippen LogP contribution in [0.4, 0.5) is 0 Å². The SMILES string of the molecule is OC1COCC1c1cccnc1Br. The van der Waals surface area contributed by atoms with Crippen molar-refractivity contribution in [3.63, 3.8) is 0 Å². The molecule has 1 N–H and O–H groups in total. The first kappa shape index (κ1) is 9.12. The Bertz CT molecular complexity index is 305. The lowest BCUT2D eigenvalue weighted by Crippen LogP contribution is -2.16. The molecular weight excluding hydrogens is 234 g/mol. The van der Waals surface area contributed by atoms with E-state index < -0.39 is 6.10 Å². The predicted octanol–water partition coefficient (Wildman–Crippen LogP) is 1.32. The van der Waals surface area contributed by atoms with Gasteiger partial charge in [-0.1, -0.05) is 6.07 Å². The van der Waals surface area contributed by atoms with E-state index in [1.807, 2.05) is 12.1 Å². The van der Waals surface area contributed by atoms with E-state index in [1.54, 1.807) is 6.20 Å². The Morgan fingerprint density at radius 1 is 1.54 bits per heavy atom. The summed E-state index contributed by atoms with van der Waals surface area (Å²) < 4.78 is 5.98. The topological polar surface area (TPSA) is 42.4 Å². The molecule has 1 aliphatic heterocycles. The summed E-state index contributed by atoms with van der Waals surface area (Å²) in [7, 11) is 0. The van der Waals surface area contributed by atoms with E-state index in [9.17, 15) is 5.11 Å². The minimum absolute atomic E-state index is 0.0584. The highest BCUT2D eigenvalue weighted by atomic mass is 79.9. The third-order valence-corrected chi connectivity index (χ3v) is 2.90. The number of hydrogen-bond donors (Lipinski definition) is 1. The average Bonchev–Trinajstić information content (AvgIpc) is 2.52. The average molecular weight is 244 g/mol. The van der Waals surface area contributed by atoms with Gasteiger partial charge in [-0.15, -0.1) is 0 Å². The monoisotopic (exact) mass is 243 g/mol. The number of ether oxygens (including phenoxy) is 1. The van der Waals surface area contributed by atoms with Crippen molar-refractivity contribution in [1.82, 2.24) is 4.98 Å². The van der Waals surface area contributed by atoms with Gasteiger partial charge in [-0.05, 0) is 27.6 Å². The van der Waals surface area contributed by atoms with E-state index in [2.05, 4.69) is 20.9 Å². The first-order chi connectivity index (χ1) is 6.29. The van der Waals surface area contributed by atoms with Crippen LogP contribution in [0.3, 0.4) is 0 Å². The highest BCUT2D eigenvalue weighted by Crippen LogP contribution is 2.29. The number of pyridine rings is 1. The van der Waals surface area contributed by atoms with E-state index in [0.29, 0.717) is 13.2 Å². The molecule has 2 unspecified atom stereocenters. The van der Waals surface area contributed by atoms with Gasteiger partial charge in [0.1, 0.15) is 4.60 Å². The van der Waals surface area contributed by atoms with Gasteiger partial charge in [0, 0.05) is 12.1 Å². The van der Waals surface area contributed by atoms with E-state index in [-0.39, 0.29) is 5.92 Å². The normalized spacial score (nSPS) is 27.8. The molecule has 2 atom stereocenters. The maximum Gasteiger partial charge on any atom is 0.109 e. The minimum Gasteiger partial charge on any atom is -0.390 e. The molecule has 0 aliphatic carbocycles. The van der Waals surface area contributed by atoms with Crippen molar-refractivity contribution < 1.29 is 9.84 Å². The fraction of sp³-hybridized carbons (Fsp3) is 0.444. The lowest BCUT2D eigenvalue weighted by atomic mass is 9.98. The van der Waals surface area contributed by atoms with Gasteiger partial charge in [0.15, 0.2) is 0 Å². The van der Waals surface area contributed by atoms with Crippen molar-refractivity contribution in [2.24, 2.45) is 0 Å². The number of hydrogen-bond acceptors (Lipinski definition) is 3. The molecule has 70 valence electrons. The van der Waals surface area contributed by atoms with Crippen LogP contribution in [-0.4, -0.2) is 29.4 Å². The highest BCUT2D eigenvalue weighted by molar-refractivity contribution is 9.10. The van der Waals surface area contributed by atoms with Crippen LogP contribution in [0, 0.1) is 0 Å². The van der Waals surface area contributed by atoms with Crippen LogP contribution in [0.2, 0.25) is 0 Å². The molecule has 0 spiro atoms. The van der Waals surface area contributed by atoms with Gasteiger partial charge >= 0.3 is 0 Å². The Labute approximate surface area is 84.9 Å². The van der Waals surface area contributed by atoms with Gasteiger partial charge in [-0.2, -0.15) is 0 Å². The first-order valence-corrected chi connectivity index (χ1v) is 4.94. The summed E-state index contributed by atoms with van der Waals surface area (Å²) in [5, 5.41) is 9.59. The Morgan fingerprint density at radius 2 is 2.38 bits per heavy atom. The molecule has 2 rings (SSSR count). The second-order valence-electron chi connectivity index (χ2n) is 3.09. The molecule has 0 bridgehead atoms. The molecule has 0 aromatic carbocycles. The van der Waals surface area contributed by atoms with Crippen LogP contribution in [0.15, 0.2) is 22.9 Å². The van der Waals surface area contributed by atoms with E-state index in [1.165, 1.54) is 0 Å². The largest absolute Gasteiger partial charge is 0.390 e. The second-order valence-corrected chi connectivity index (χ2v) is 3.85. The summed E-state index contributed by atoms with van der Waals surface area (Å²) in [5.41, 5.74) is 1.02. The number of halogens is 1. The molecule has 1 aromatic heterocycles. The summed E-state index contributed by atoms with van der Waals surface area (Å²) in [4.78, 5) is 4.11. The fourth-order valence-corrected chi connectivity index (χ4v) is 2.06. The molecule has 1 saturated heterocycles. The molecule has 2 heterocycles. The van der Waals surface area contributed by atoms with Gasteiger partial charge in [-0.3, -0.25) is 0 Å². The molecule has 13 heavy (non-hydrogen) atoms. The molecular formula is C9H10BrNO2. The number of aliphatic hydroxyl groups excluding tert-OH is 1. The van der Waals surface area contributed by atoms with Crippen molar-refractivity contribution in [1.29, 1.82) is 0 Å². The third-order valence-electron chi connectivity index (χ3n) is 2.24. The van der Waals surface area contributed by atoms with Gasteiger partial charge < -0.3 is 9.84 Å². The number of aliphatic hydroxyl groups is 1. The molecule has 0 saturated carbocycles. The maximum atomic E-state index is 9.59. The van der Waals surface area contributed by atoms with Crippen LogP contribution in [0.1, 0.15) is 11.5 Å². The molecule has 0 radical (unpaired) electrons. The summed E-state index contributed by atoms with van der Waals surface area (Å²) in [6.45, 7) is 0.997. The summed E-state index contributed by atoms with van der Waals surface area (Å²) >= 11 is 3.36. The van der Waals surface area contributed by atoms with Crippen LogP contribution < -0.4 is 0 Å². The van der Waals surface area contributed by atoms with Crippen molar-refractivity contribution in [3.05, 3.63) is 28.5 Å². The molecule has 1 fully saturated rings. The summed E-state index contributed by atoms with van der Waals surface area (Å²) in [6, 6.07) is 3.82. The number of rotatable bonds is 1. The standard InChI is InChI=1S/C9H10BrNO2/c10-9-6(2-1-3-11-9)7-4-13-5-8(7)12/h1-3,7-8,12H,4-5H2. The highest BCUT2D eigenvalue weighted by Gasteiger charge is 2.29. The quantitative estimate of drug-likeness (QED) is 0.757. The fourth-order valence-electron chi connectivity index (χ4n) is 1.52. The lowest BCUT2D eigenvalue weighted by molar-refractivity contribution is 0.124. The van der Waals surface area contributed by atoms with Crippen LogP contribution >= 0.6 is 15.9 Å². The molecule has 3 nitrogen and oxygen atoms in total. The number of aromatic nitrogens is 1. The van der Waals surface area contributed by atoms with Gasteiger partial charge in [0.05, 0.1) is 19.3 Å².